The molecule has 0 aliphatic carbocycles. The predicted molar refractivity (Wildman–Crippen MR) is 119 cm³/mol. The Morgan fingerprint density at radius 3 is 2.55 bits per heavy atom. The number of nitro benzene ring substituents is 1. The molecule has 1 aliphatic rings. The Kier molecular flexibility index (Phi) is 7.50. The molecule has 174 valence electrons. The molecule has 33 heavy (non-hydrogen) atoms. The zero-order valence-corrected chi connectivity index (χ0v) is 18.5. The normalized spacial score (nSPS) is 15.4. The molecule has 0 bridgehead atoms. The number of nitrogens with one attached hydrogen (secondary N) is 2. The minimum Gasteiger partial charge on any atom is -0.493 e. The van der Waals surface area contributed by atoms with Crippen LogP contribution in [-0.2, 0) is 16.1 Å². The van der Waals surface area contributed by atoms with Gasteiger partial charge in [0, 0.05) is 5.70 Å². The molecule has 1 heterocycles. The van der Waals surface area contributed by atoms with Crippen LogP contribution in [0.25, 0.3) is 0 Å². The van der Waals surface area contributed by atoms with Gasteiger partial charge in [-0.25, -0.2) is 9.59 Å². The second kappa shape index (κ2) is 10.5. The van der Waals surface area contributed by atoms with Crippen molar-refractivity contribution in [1.82, 2.24) is 10.6 Å². The standard InChI is InChI=1S/C23H25N3O7/c1-4-10-32-19-11-16(17(26(29)30)12-18(19)31-3)21-20(14(2)24-23(28)25-21)22(27)33-13-15-8-6-5-7-9-15/h5-9,11-12,21H,4,10,13H2,1-3H3,(H2,24,25,28). The van der Waals surface area contributed by atoms with Gasteiger partial charge in [0.25, 0.3) is 5.69 Å². The molecule has 1 atom stereocenters. The lowest BCUT2D eigenvalue weighted by molar-refractivity contribution is -0.385. The van der Waals surface area contributed by atoms with Gasteiger partial charge in [0.1, 0.15) is 6.61 Å². The van der Waals surface area contributed by atoms with E-state index in [-0.39, 0.29) is 40.6 Å². The Hall–Kier alpha value is -4.08. The molecule has 0 spiro atoms. The first-order valence-corrected chi connectivity index (χ1v) is 10.3. The molecular formula is C23H25N3O7. The highest BCUT2D eigenvalue weighted by Crippen LogP contribution is 2.41. The van der Waals surface area contributed by atoms with Crippen LogP contribution in [0.3, 0.4) is 0 Å². The van der Waals surface area contributed by atoms with Gasteiger partial charge in [0.15, 0.2) is 11.5 Å². The van der Waals surface area contributed by atoms with E-state index in [0.717, 1.165) is 5.56 Å². The number of nitro groups is 1. The van der Waals surface area contributed by atoms with E-state index in [1.165, 1.54) is 26.2 Å². The molecule has 2 aromatic carbocycles. The molecule has 0 radical (unpaired) electrons. The summed E-state index contributed by atoms with van der Waals surface area (Å²) in [4.78, 5) is 36.5. The summed E-state index contributed by atoms with van der Waals surface area (Å²) >= 11 is 0. The second-order valence-electron chi connectivity index (χ2n) is 7.30. The van der Waals surface area contributed by atoms with Gasteiger partial charge in [-0.15, -0.1) is 0 Å². The summed E-state index contributed by atoms with van der Waals surface area (Å²) in [5.41, 5.74) is 0.819. The van der Waals surface area contributed by atoms with Crippen molar-refractivity contribution >= 4 is 17.7 Å². The molecule has 10 heteroatoms. The summed E-state index contributed by atoms with van der Waals surface area (Å²) < 4.78 is 16.4. The average molecular weight is 455 g/mol. The molecule has 0 saturated heterocycles. The van der Waals surface area contributed by atoms with Crippen molar-refractivity contribution < 1.29 is 28.7 Å². The fraction of sp³-hybridized carbons (Fsp3) is 0.304. The quantitative estimate of drug-likeness (QED) is 0.335. The summed E-state index contributed by atoms with van der Waals surface area (Å²) in [6.45, 7) is 3.81. The number of esters is 1. The number of urea groups is 1. The molecule has 0 fully saturated rings. The van der Waals surface area contributed by atoms with Crippen molar-refractivity contribution in [1.29, 1.82) is 0 Å². The Labute approximate surface area is 190 Å². The number of rotatable bonds is 9. The van der Waals surface area contributed by atoms with Crippen LogP contribution in [0.4, 0.5) is 10.5 Å². The van der Waals surface area contributed by atoms with E-state index in [0.29, 0.717) is 13.0 Å². The molecule has 1 aliphatic heterocycles. The van der Waals surface area contributed by atoms with Gasteiger partial charge in [0.2, 0.25) is 0 Å². The second-order valence-corrected chi connectivity index (χ2v) is 7.30. The van der Waals surface area contributed by atoms with Gasteiger partial charge in [-0.3, -0.25) is 10.1 Å². The molecule has 0 saturated carbocycles. The number of allylic oxidation sites excluding steroid dienone is 1. The van der Waals surface area contributed by atoms with Crippen molar-refractivity contribution in [3.63, 3.8) is 0 Å². The minimum absolute atomic E-state index is 0.00663. The Morgan fingerprint density at radius 1 is 1.18 bits per heavy atom. The van der Waals surface area contributed by atoms with Crippen LogP contribution in [0.15, 0.2) is 53.7 Å². The van der Waals surface area contributed by atoms with Gasteiger partial charge in [-0.2, -0.15) is 0 Å². The molecule has 0 aromatic heterocycles. The summed E-state index contributed by atoms with van der Waals surface area (Å²) in [6.07, 6.45) is 0.704. The van der Waals surface area contributed by atoms with E-state index in [4.69, 9.17) is 14.2 Å². The first-order chi connectivity index (χ1) is 15.8. The summed E-state index contributed by atoms with van der Waals surface area (Å²) in [6, 6.07) is 9.99. The van der Waals surface area contributed by atoms with Crippen molar-refractivity contribution in [3.05, 3.63) is 75.0 Å². The number of hydrogen-bond acceptors (Lipinski definition) is 7. The molecule has 2 N–H and O–H groups in total. The predicted octanol–water partition coefficient (Wildman–Crippen LogP) is 3.76. The fourth-order valence-electron chi connectivity index (χ4n) is 3.44. The lowest BCUT2D eigenvalue weighted by atomic mass is 9.93. The number of carbonyl (C=O) groups excluding carboxylic acids is 2. The number of methoxy groups -OCH3 is 1. The highest BCUT2D eigenvalue weighted by Gasteiger charge is 2.37. The molecule has 2 amide bonds. The third kappa shape index (κ3) is 5.40. The number of ether oxygens (including phenoxy) is 3. The number of hydrogen-bond donors (Lipinski definition) is 2. The number of carbonyl (C=O) groups is 2. The van der Waals surface area contributed by atoms with Crippen molar-refractivity contribution in [2.24, 2.45) is 0 Å². The maximum Gasteiger partial charge on any atom is 0.338 e. The van der Waals surface area contributed by atoms with E-state index >= 15 is 0 Å². The van der Waals surface area contributed by atoms with E-state index < -0.39 is 23.0 Å². The lowest BCUT2D eigenvalue weighted by Gasteiger charge is -2.28. The molecule has 3 rings (SSSR count). The number of benzene rings is 2. The van der Waals surface area contributed by atoms with E-state index in [2.05, 4.69) is 10.6 Å². The van der Waals surface area contributed by atoms with Gasteiger partial charge < -0.3 is 24.8 Å². The zero-order chi connectivity index (χ0) is 24.0. The van der Waals surface area contributed by atoms with Crippen LogP contribution in [-0.4, -0.2) is 30.6 Å². The van der Waals surface area contributed by atoms with E-state index in [9.17, 15) is 19.7 Å². The van der Waals surface area contributed by atoms with Crippen LogP contribution in [0.1, 0.15) is 37.4 Å². The van der Waals surface area contributed by atoms with Crippen molar-refractivity contribution in [3.8, 4) is 11.5 Å². The third-order valence-corrected chi connectivity index (χ3v) is 4.98. The Balaban J connectivity index is 2.03. The fourth-order valence-corrected chi connectivity index (χ4v) is 3.44. The maximum atomic E-state index is 13.0. The van der Waals surface area contributed by atoms with Gasteiger partial charge >= 0.3 is 12.0 Å². The smallest absolute Gasteiger partial charge is 0.338 e. The van der Waals surface area contributed by atoms with Gasteiger partial charge in [0.05, 0.1) is 41.9 Å². The SMILES string of the molecule is CCCOc1cc(C2NC(=O)NC(C)=C2C(=O)OCc2ccccc2)c([N+](=O)[O-])cc1OC. The van der Waals surface area contributed by atoms with Crippen LogP contribution in [0, 0.1) is 10.1 Å². The summed E-state index contributed by atoms with van der Waals surface area (Å²) in [5, 5.41) is 17.0. The lowest BCUT2D eigenvalue weighted by Crippen LogP contribution is -2.45. The van der Waals surface area contributed by atoms with Gasteiger partial charge in [-0.1, -0.05) is 37.3 Å². The monoisotopic (exact) mass is 455 g/mol. The minimum atomic E-state index is -1.13. The average Bonchev–Trinajstić information content (AvgIpc) is 2.80. The molecule has 1 unspecified atom stereocenters. The van der Waals surface area contributed by atoms with E-state index in [1.807, 2.05) is 25.1 Å². The number of nitrogens with zero attached hydrogens (tertiary/aromatic N) is 1. The van der Waals surface area contributed by atoms with Crippen LogP contribution in [0.5, 0.6) is 11.5 Å². The third-order valence-electron chi connectivity index (χ3n) is 4.98. The Bertz CT molecular complexity index is 1080. The molecule has 10 nitrogen and oxygen atoms in total. The highest BCUT2D eigenvalue weighted by atomic mass is 16.6. The summed E-state index contributed by atoms with van der Waals surface area (Å²) in [7, 11) is 1.38. The van der Waals surface area contributed by atoms with Gasteiger partial charge in [-0.05, 0) is 25.0 Å². The summed E-state index contributed by atoms with van der Waals surface area (Å²) in [5.74, 6) is -0.273. The van der Waals surface area contributed by atoms with Crippen LogP contribution >= 0.6 is 0 Å². The number of amides is 2. The highest BCUT2D eigenvalue weighted by molar-refractivity contribution is 5.95. The van der Waals surface area contributed by atoms with Crippen LogP contribution < -0.4 is 20.1 Å². The molecule has 2 aromatic rings. The topological polar surface area (TPSA) is 129 Å². The molecular weight excluding hydrogens is 430 g/mol. The zero-order valence-electron chi connectivity index (χ0n) is 18.5. The van der Waals surface area contributed by atoms with Crippen molar-refractivity contribution in [2.75, 3.05) is 13.7 Å². The van der Waals surface area contributed by atoms with Crippen LogP contribution in [0.2, 0.25) is 0 Å². The Morgan fingerprint density at radius 2 is 1.91 bits per heavy atom. The first kappa shape index (κ1) is 23.6. The van der Waals surface area contributed by atoms with E-state index in [1.54, 1.807) is 12.1 Å². The largest absolute Gasteiger partial charge is 0.493 e. The first-order valence-electron chi connectivity index (χ1n) is 10.3. The maximum absolute atomic E-state index is 13.0. The van der Waals surface area contributed by atoms with Crippen molar-refractivity contribution in [2.45, 2.75) is 32.9 Å².